The standard InChI is InChI=1S/C35H32Cl3F6N3O6/c1-15-12-17(45-29(49)24-23(34(24,37)38)16-8-9-20(39)19(13-16)35(42,43)44)14-18(25(15)36)28(48)46-22-11-10-21(40)27(26(22)41)47(30(50)52-32(2,3)4)31(51)53-33(5,6)7/h8-14,23-24H,1-7H3,(H,45,49)(H,46,48)/t23-,24+/m0/s1. The normalized spacial score (nSPS) is 16.8. The summed E-state index contributed by atoms with van der Waals surface area (Å²) in [6.07, 6.45) is -7.99. The Labute approximate surface area is 314 Å². The molecule has 0 bridgehead atoms. The predicted octanol–water partition coefficient (Wildman–Crippen LogP) is 10.5. The molecule has 0 aromatic heterocycles. The van der Waals surface area contributed by atoms with Crippen molar-refractivity contribution in [1.29, 1.82) is 0 Å². The van der Waals surface area contributed by atoms with E-state index < -0.39 is 91.9 Å². The number of imide groups is 1. The Morgan fingerprint density at radius 3 is 1.89 bits per heavy atom. The van der Waals surface area contributed by atoms with E-state index in [0.717, 1.165) is 18.2 Å². The van der Waals surface area contributed by atoms with Gasteiger partial charge in [0, 0.05) is 11.6 Å². The molecule has 3 aromatic carbocycles. The Balaban J connectivity index is 1.63. The SMILES string of the molecule is Cc1cc(NC(=O)[C@H]2[C@H](c3ccc(F)c(C(F)(F)F)c3)C2(Cl)Cl)cc(C(=O)Nc2ccc(F)c(N(C(=O)OC(C)(C)C)C(=O)OC(C)(C)C)c2F)c1Cl. The van der Waals surface area contributed by atoms with Gasteiger partial charge in [-0.1, -0.05) is 17.7 Å². The van der Waals surface area contributed by atoms with E-state index in [2.05, 4.69) is 10.6 Å². The van der Waals surface area contributed by atoms with Crippen molar-refractivity contribution in [2.45, 2.75) is 76.1 Å². The molecule has 1 aliphatic rings. The lowest BCUT2D eigenvalue weighted by Gasteiger charge is -2.29. The van der Waals surface area contributed by atoms with Crippen molar-refractivity contribution in [2.75, 3.05) is 15.5 Å². The van der Waals surface area contributed by atoms with E-state index in [9.17, 15) is 36.7 Å². The lowest BCUT2D eigenvalue weighted by atomic mass is 10.0. The summed E-state index contributed by atoms with van der Waals surface area (Å²) in [6, 6.07) is 6.04. The number of halogens is 9. The molecule has 9 nitrogen and oxygen atoms in total. The molecule has 1 aliphatic carbocycles. The minimum Gasteiger partial charge on any atom is -0.443 e. The summed E-state index contributed by atoms with van der Waals surface area (Å²) in [5.41, 5.74) is -6.24. The quantitative estimate of drug-likeness (QED) is 0.189. The molecule has 1 fully saturated rings. The number of nitrogens with zero attached hydrogens (tertiary/aromatic N) is 1. The van der Waals surface area contributed by atoms with E-state index in [0.29, 0.717) is 18.2 Å². The van der Waals surface area contributed by atoms with Gasteiger partial charge >= 0.3 is 18.4 Å². The van der Waals surface area contributed by atoms with Gasteiger partial charge in [0.05, 0.1) is 27.8 Å². The third kappa shape index (κ3) is 9.30. The van der Waals surface area contributed by atoms with Gasteiger partial charge in [-0.25, -0.2) is 22.8 Å². The number of anilines is 3. The van der Waals surface area contributed by atoms with Crippen molar-refractivity contribution >= 4 is 75.9 Å². The molecule has 2 atom stereocenters. The smallest absolute Gasteiger partial charge is 0.424 e. The van der Waals surface area contributed by atoms with Crippen LogP contribution in [0, 0.1) is 30.3 Å². The number of carbonyl (C=O) groups is 4. The molecule has 2 N–H and O–H groups in total. The fourth-order valence-electron chi connectivity index (χ4n) is 5.15. The molecule has 3 aromatic rings. The summed E-state index contributed by atoms with van der Waals surface area (Å²) in [5.74, 6) is -8.92. The van der Waals surface area contributed by atoms with Gasteiger partial charge in [-0.15, -0.1) is 23.2 Å². The average molecular weight is 811 g/mol. The Kier molecular flexibility index (Phi) is 11.4. The van der Waals surface area contributed by atoms with E-state index in [4.69, 9.17) is 44.3 Å². The number of aryl methyl sites for hydroxylation is 1. The second-order valence-electron chi connectivity index (χ2n) is 14.0. The highest BCUT2D eigenvalue weighted by atomic mass is 35.5. The fraction of sp³-hybridized carbons (Fsp3) is 0.371. The van der Waals surface area contributed by atoms with Crippen LogP contribution >= 0.6 is 34.8 Å². The average Bonchev–Trinajstić information content (AvgIpc) is 3.57. The fourth-order valence-corrected chi connectivity index (χ4v) is 6.18. The number of alkyl halides is 5. The van der Waals surface area contributed by atoms with Crippen LogP contribution in [0.4, 0.5) is 53.0 Å². The first-order valence-corrected chi connectivity index (χ1v) is 16.7. The first-order chi connectivity index (χ1) is 24.1. The number of benzene rings is 3. The molecule has 4 amide bonds. The van der Waals surface area contributed by atoms with Crippen LogP contribution in [0.3, 0.4) is 0 Å². The van der Waals surface area contributed by atoms with Crippen molar-refractivity contribution in [3.63, 3.8) is 0 Å². The summed E-state index contributed by atoms with van der Waals surface area (Å²) in [5, 5.41) is 4.51. The molecule has 1 saturated carbocycles. The maximum absolute atomic E-state index is 16.0. The lowest BCUT2D eigenvalue weighted by molar-refractivity contribution is -0.140. The van der Waals surface area contributed by atoms with Crippen LogP contribution in [-0.2, 0) is 20.4 Å². The van der Waals surface area contributed by atoms with E-state index in [-0.39, 0.29) is 32.3 Å². The van der Waals surface area contributed by atoms with Crippen LogP contribution in [0.5, 0.6) is 0 Å². The monoisotopic (exact) mass is 809 g/mol. The second kappa shape index (κ2) is 14.6. The topological polar surface area (TPSA) is 114 Å². The first kappa shape index (κ1) is 41.5. The highest BCUT2D eigenvalue weighted by molar-refractivity contribution is 6.53. The van der Waals surface area contributed by atoms with Crippen LogP contribution in [-0.4, -0.2) is 39.5 Å². The van der Waals surface area contributed by atoms with Crippen molar-refractivity contribution in [1.82, 2.24) is 0 Å². The Bertz CT molecular complexity index is 1970. The van der Waals surface area contributed by atoms with Crippen molar-refractivity contribution in [2.24, 2.45) is 5.92 Å². The zero-order chi connectivity index (χ0) is 40.2. The van der Waals surface area contributed by atoms with Gasteiger partial charge in [0.1, 0.15) is 27.0 Å². The molecule has 53 heavy (non-hydrogen) atoms. The maximum Gasteiger partial charge on any atom is 0.424 e. The number of hydrogen-bond acceptors (Lipinski definition) is 6. The van der Waals surface area contributed by atoms with Gasteiger partial charge in [-0.3, -0.25) is 9.59 Å². The molecule has 4 rings (SSSR count). The molecule has 0 heterocycles. The molecule has 0 aliphatic heterocycles. The third-order valence-corrected chi connectivity index (χ3v) is 8.89. The Morgan fingerprint density at radius 2 is 1.36 bits per heavy atom. The van der Waals surface area contributed by atoms with Gasteiger partial charge in [-0.05, 0) is 96.0 Å². The van der Waals surface area contributed by atoms with Crippen LogP contribution in [0.2, 0.25) is 5.02 Å². The number of hydrogen-bond donors (Lipinski definition) is 2. The maximum atomic E-state index is 16.0. The van der Waals surface area contributed by atoms with Gasteiger partial charge in [-0.2, -0.15) is 18.1 Å². The minimum atomic E-state index is -5.03. The highest BCUT2D eigenvalue weighted by Crippen LogP contribution is 2.65. The van der Waals surface area contributed by atoms with E-state index in [1.165, 1.54) is 54.5 Å². The molecule has 286 valence electrons. The molecule has 18 heteroatoms. The molecular weight excluding hydrogens is 779 g/mol. The van der Waals surface area contributed by atoms with E-state index >= 15 is 8.78 Å². The van der Waals surface area contributed by atoms with Gasteiger partial charge in [0.25, 0.3) is 5.91 Å². The van der Waals surface area contributed by atoms with E-state index in [1.807, 2.05) is 0 Å². The molecule has 0 radical (unpaired) electrons. The first-order valence-electron chi connectivity index (χ1n) is 15.5. The van der Waals surface area contributed by atoms with Crippen LogP contribution in [0.25, 0.3) is 0 Å². The number of ether oxygens (including phenoxy) is 2. The molecule has 0 spiro atoms. The summed E-state index contributed by atoms with van der Waals surface area (Å²) < 4.78 is 93.6. The summed E-state index contributed by atoms with van der Waals surface area (Å²) >= 11 is 19.0. The molecule has 0 saturated heterocycles. The largest absolute Gasteiger partial charge is 0.443 e. The number of amides is 4. The summed E-state index contributed by atoms with van der Waals surface area (Å²) in [7, 11) is 0. The number of carbonyl (C=O) groups excluding carboxylic acids is 4. The lowest BCUT2D eigenvalue weighted by Crippen LogP contribution is -2.44. The zero-order valence-electron chi connectivity index (χ0n) is 29.0. The molecule has 0 unspecified atom stereocenters. The van der Waals surface area contributed by atoms with E-state index in [1.54, 1.807) is 0 Å². The second-order valence-corrected chi connectivity index (χ2v) is 15.8. The number of rotatable bonds is 6. The van der Waals surface area contributed by atoms with Crippen molar-refractivity contribution < 1.29 is 55.0 Å². The Hall–Kier alpha value is -4.21. The van der Waals surface area contributed by atoms with Crippen LogP contribution in [0.15, 0.2) is 42.5 Å². The highest BCUT2D eigenvalue weighted by Gasteiger charge is 2.67. The molecular formula is C35H32Cl3F6N3O6. The van der Waals surface area contributed by atoms with Crippen molar-refractivity contribution in [3.05, 3.63) is 87.2 Å². The number of nitrogens with one attached hydrogen (secondary N) is 2. The summed E-state index contributed by atoms with van der Waals surface area (Å²) in [6.45, 7) is 10.2. The van der Waals surface area contributed by atoms with Gasteiger partial charge in [0.15, 0.2) is 11.6 Å². The van der Waals surface area contributed by atoms with Gasteiger partial charge < -0.3 is 20.1 Å². The van der Waals surface area contributed by atoms with Gasteiger partial charge in [0.2, 0.25) is 5.91 Å². The predicted molar refractivity (Wildman–Crippen MR) is 186 cm³/mol. The third-order valence-electron chi connectivity index (χ3n) is 7.45. The van der Waals surface area contributed by atoms with Crippen molar-refractivity contribution in [3.8, 4) is 0 Å². The Morgan fingerprint density at radius 1 is 0.811 bits per heavy atom. The summed E-state index contributed by atoms with van der Waals surface area (Å²) in [4.78, 5) is 52.9. The van der Waals surface area contributed by atoms with Crippen LogP contribution in [0.1, 0.15) is 74.5 Å². The zero-order valence-corrected chi connectivity index (χ0v) is 31.3. The minimum absolute atomic E-state index is 0.0128. The van der Waals surface area contributed by atoms with Crippen LogP contribution < -0.4 is 15.5 Å².